The highest BCUT2D eigenvalue weighted by molar-refractivity contribution is 6.13. The van der Waals surface area contributed by atoms with Gasteiger partial charge in [-0.2, -0.15) is 10.5 Å². The van der Waals surface area contributed by atoms with Crippen molar-refractivity contribution in [1.29, 1.82) is 10.5 Å². The zero-order valence-corrected chi connectivity index (χ0v) is 36.8. The maximum Gasteiger partial charge on any atom is 0.164 e. The number of benzene rings is 9. The number of fused-ring (bicyclic) bond motifs is 3. The summed E-state index contributed by atoms with van der Waals surface area (Å²) in [6.45, 7) is 4.31. The predicted octanol–water partition coefficient (Wildman–Crippen LogP) is 15.0. The molecule has 0 N–H and O–H groups in total. The van der Waals surface area contributed by atoms with E-state index in [1.807, 2.05) is 97.1 Å². The van der Waals surface area contributed by atoms with Gasteiger partial charge < -0.3 is 4.57 Å². The van der Waals surface area contributed by atoms with Gasteiger partial charge in [0, 0.05) is 38.6 Å². The van der Waals surface area contributed by atoms with Crippen molar-refractivity contribution in [2.24, 2.45) is 0 Å². The molecule has 6 nitrogen and oxygen atoms in total. The van der Waals surface area contributed by atoms with Gasteiger partial charge in [0.25, 0.3) is 0 Å². The first kappa shape index (κ1) is 40.5. The molecule has 67 heavy (non-hydrogen) atoms. The molecule has 11 aromatic rings. The Bertz CT molecular complexity index is 3560. The van der Waals surface area contributed by atoms with Gasteiger partial charge in [0.05, 0.1) is 40.0 Å². The molecule has 0 bridgehead atoms. The first-order valence-corrected chi connectivity index (χ1v) is 22.2. The number of aryl methyl sites for hydroxylation is 2. The van der Waals surface area contributed by atoms with Crippen LogP contribution < -0.4 is 0 Å². The molecule has 0 saturated heterocycles. The molecule has 2 heterocycles. The van der Waals surface area contributed by atoms with Crippen LogP contribution in [0.15, 0.2) is 206 Å². The third-order valence-electron chi connectivity index (χ3n) is 12.6. The molecule has 0 aliphatic heterocycles. The van der Waals surface area contributed by atoms with Crippen LogP contribution in [0.1, 0.15) is 22.3 Å². The first-order chi connectivity index (χ1) is 32.9. The van der Waals surface area contributed by atoms with Crippen molar-refractivity contribution < 1.29 is 0 Å². The highest BCUT2D eigenvalue weighted by atomic mass is 15.0. The Morgan fingerprint density at radius 2 is 0.731 bits per heavy atom. The summed E-state index contributed by atoms with van der Waals surface area (Å²) in [5, 5.41) is 22.8. The Morgan fingerprint density at radius 3 is 1.16 bits per heavy atom. The molecule has 0 aliphatic carbocycles. The van der Waals surface area contributed by atoms with Crippen LogP contribution in [0, 0.1) is 36.5 Å². The van der Waals surface area contributed by atoms with Crippen molar-refractivity contribution in [3.63, 3.8) is 0 Å². The van der Waals surface area contributed by atoms with Crippen molar-refractivity contribution in [3.8, 4) is 96.5 Å². The fourth-order valence-electron chi connectivity index (χ4n) is 9.29. The van der Waals surface area contributed by atoms with E-state index in [0.717, 1.165) is 77.6 Å². The molecule has 6 heteroatoms. The Kier molecular flexibility index (Phi) is 10.3. The van der Waals surface area contributed by atoms with E-state index in [1.165, 1.54) is 22.3 Å². The lowest BCUT2D eigenvalue weighted by atomic mass is 9.91. The largest absolute Gasteiger partial charge is 0.308 e. The van der Waals surface area contributed by atoms with Gasteiger partial charge in [-0.1, -0.05) is 146 Å². The Hall–Kier alpha value is -9.23. The summed E-state index contributed by atoms with van der Waals surface area (Å²) in [4.78, 5) is 15.4. The van der Waals surface area contributed by atoms with E-state index in [9.17, 15) is 10.5 Å². The lowest BCUT2D eigenvalue weighted by Gasteiger charge is -2.21. The van der Waals surface area contributed by atoms with Crippen molar-refractivity contribution >= 4 is 21.8 Å². The van der Waals surface area contributed by atoms with Crippen LogP contribution in [0.4, 0.5) is 0 Å². The third kappa shape index (κ3) is 7.49. The molecule has 0 saturated carbocycles. The topological polar surface area (TPSA) is 91.2 Å². The summed E-state index contributed by atoms with van der Waals surface area (Å²) in [5.41, 5.74) is 16.9. The van der Waals surface area contributed by atoms with Gasteiger partial charge in [0.2, 0.25) is 0 Å². The second kappa shape index (κ2) is 17.0. The molecule has 11 rings (SSSR count). The first-order valence-electron chi connectivity index (χ1n) is 22.2. The molecule has 0 aliphatic rings. The van der Waals surface area contributed by atoms with E-state index in [-0.39, 0.29) is 0 Å². The molecule has 9 aromatic carbocycles. The summed E-state index contributed by atoms with van der Waals surface area (Å²) in [6, 6.07) is 75.0. The molecule has 0 radical (unpaired) electrons. The summed E-state index contributed by atoms with van der Waals surface area (Å²) in [5.74, 6) is 1.58. The minimum atomic E-state index is 0.489. The van der Waals surface area contributed by atoms with Crippen LogP contribution in [0.5, 0.6) is 0 Å². The van der Waals surface area contributed by atoms with Gasteiger partial charge in [-0.3, -0.25) is 0 Å². The van der Waals surface area contributed by atoms with E-state index in [2.05, 4.69) is 140 Å². The number of nitrogens with zero attached hydrogens (tertiary/aromatic N) is 6. The highest BCUT2D eigenvalue weighted by Crippen LogP contribution is 2.45. The maximum absolute atomic E-state index is 10.3. The van der Waals surface area contributed by atoms with Crippen molar-refractivity contribution in [2.75, 3.05) is 0 Å². The van der Waals surface area contributed by atoms with Gasteiger partial charge in [-0.05, 0) is 119 Å². The van der Waals surface area contributed by atoms with Crippen LogP contribution in [0.2, 0.25) is 0 Å². The normalized spacial score (nSPS) is 11.1. The quantitative estimate of drug-likeness (QED) is 0.152. The average molecular weight is 857 g/mol. The number of hydrogen-bond donors (Lipinski definition) is 0. The number of hydrogen-bond acceptors (Lipinski definition) is 5. The minimum Gasteiger partial charge on any atom is -0.308 e. The number of rotatable bonds is 8. The van der Waals surface area contributed by atoms with Crippen molar-refractivity contribution in [2.45, 2.75) is 13.8 Å². The molecule has 0 amide bonds. The number of aromatic nitrogens is 4. The van der Waals surface area contributed by atoms with Crippen LogP contribution >= 0.6 is 0 Å². The average Bonchev–Trinajstić information content (AvgIpc) is 3.71. The zero-order chi connectivity index (χ0) is 45.4. The predicted molar refractivity (Wildman–Crippen MR) is 271 cm³/mol. The monoisotopic (exact) mass is 856 g/mol. The smallest absolute Gasteiger partial charge is 0.164 e. The summed E-state index contributed by atoms with van der Waals surface area (Å²) >= 11 is 0. The molecule has 0 atom stereocenters. The lowest BCUT2D eigenvalue weighted by molar-refractivity contribution is 1.07. The van der Waals surface area contributed by atoms with Crippen LogP contribution in [-0.2, 0) is 0 Å². The van der Waals surface area contributed by atoms with Crippen molar-refractivity contribution in [1.82, 2.24) is 19.5 Å². The minimum absolute atomic E-state index is 0.489. The van der Waals surface area contributed by atoms with Crippen molar-refractivity contribution in [3.05, 3.63) is 229 Å². The lowest BCUT2D eigenvalue weighted by Crippen LogP contribution is -2.04. The third-order valence-corrected chi connectivity index (χ3v) is 12.6. The van der Waals surface area contributed by atoms with E-state index < -0.39 is 0 Å². The molecular formula is C61H40N6. The molecule has 2 aromatic heterocycles. The standard InChI is InChI=1S/C61H40N6/c1-39-15-9-11-25-50(39)47-27-29-56-54(33-47)55-34-48(51-26-12-10-16-40(51)2)28-30-57(55)67(56)58-52(45-23-13-17-41(31-45)37-62)35-49(36-53(58)46-24-14-18-42(32-46)38-63)61-65-59(43-19-5-3-6-20-43)64-60(66-61)44-21-7-4-8-22-44/h3-36H,1-2H3. The van der Waals surface area contributed by atoms with E-state index in [0.29, 0.717) is 28.6 Å². The van der Waals surface area contributed by atoms with Gasteiger partial charge in [-0.25, -0.2) is 15.0 Å². The summed E-state index contributed by atoms with van der Waals surface area (Å²) in [6.07, 6.45) is 0. The second-order valence-electron chi connectivity index (χ2n) is 16.8. The Labute approximate surface area is 389 Å². The maximum atomic E-state index is 10.3. The zero-order valence-electron chi connectivity index (χ0n) is 36.8. The summed E-state index contributed by atoms with van der Waals surface area (Å²) in [7, 11) is 0. The van der Waals surface area contributed by atoms with E-state index >= 15 is 0 Å². The van der Waals surface area contributed by atoms with Gasteiger partial charge in [-0.15, -0.1) is 0 Å². The van der Waals surface area contributed by atoms with Crippen LogP contribution in [0.3, 0.4) is 0 Å². The van der Waals surface area contributed by atoms with Crippen LogP contribution in [-0.4, -0.2) is 19.5 Å². The second-order valence-corrected chi connectivity index (χ2v) is 16.8. The fourth-order valence-corrected chi connectivity index (χ4v) is 9.29. The van der Waals surface area contributed by atoms with Gasteiger partial charge >= 0.3 is 0 Å². The number of nitriles is 2. The van der Waals surface area contributed by atoms with Gasteiger partial charge in [0.15, 0.2) is 17.5 Å². The molecular weight excluding hydrogens is 817 g/mol. The SMILES string of the molecule is Cc1ccccc1-c1ccc2c(c1)c1cc(-c3ccccc3C)ccc1n2-c1c(-c2cccc(C#N)c2)cc(-c2nc(-c3ccccc3)nc(-c3ccccc3)n2)cc1-c1cccc(C#N)c1. The molecule has 0 unspecified atom stereocenters. The Balaban J connectivity index is 1.28. The fraction of sp³-hybridized carbons (Fsp3) is 0.0328. The van der Waals surface area contributed by atoms with E-state index in [4.69, 9.17) is 15.0 Å². The molecule has 314 valence electrons. The van der Waals surface area contributed by atoms with E-state index in [1.54, 1.807) is 0 Å². The molecule has 0 spiro atoms. The molecule has 0 fully saturated rings. The van der Waals surface area contributed by atoms with Gasteiger partial charge in [0.1, 0.15) is 0 Å². The summed E-state index contributed by atoms with van der Waals surface area (Å²) < 4.78 is 2.36. The van der Waals surface area contributed by atoms with Crippen LogP contribution in [0.25, 0.3) is 106 Å². The Morgan fingerprint density at radius 1 is 0.343 bits per heavy atom. The highest BCUT2D eigenvalue weighted by Gasteiger charge is 2.24.